The molecule has 0 aliphatic carbocycles. The number of rotatable bonds is 6. The third-order valence-corrected chi connectivity index (χ3v) is 4.25. The number of nitrogens with one attached hydrogen (secondary N) is 1. The summed E-state index contributed by atoms with van der Waals surface area (Å²) < 4.78 is 15.1. The minimum atomic E-state index is -0.201. The predicted molar refractivity (Wildman–Crippen MR) is 94.2 cm³/mol. The van der Waals surface area contributed by atoms with Crippen molar-refractivity contribution >= 4 is 0 Å². The van der Waals surface area contributed by atoms with Crippen LogP contribution in [-0.4, -0.2) is 9.55 Å². The Morgan fingerprint density at radius 1 is 1.12 bits per heavy atom. The first-order valence-corrected chi connectivity index (χ1v) is 8.16. The summed E-state index contributed by atoms with van der Waals surface area (Å²) in [6, 6.07) is 15.4. The van der Waals surface area contributed by atoms with E-state index >= 15 is 0 Å². The summed E-state index contributed by atoms with van der Waals surface area (Å²) in [4.78, 5) is 4.26. The van der Waals surface area contributed by atoms with E-state index in [4.69, 9.17) is 0 Å². The fourth-order valence-electron chi connectivity index (χ4n) is 2.75. The Balaban J connectivity index is 1.62. The molecule has 0 bridgehead atoms. The van der Waals surface area contributed by atoms with Crippen LogP contribution in [0.1, 0.15) is 35.5 Å². The van der Waals surface area contributed by atoms with E-state index in [0.29, 0.717) is 0 Å². The van der Waals surface area contributed by atoms with Crippen LogP contribution in [0.15, 0.2) is 60.9 Å². The molecule has 0 aliphatic heterocycles. The van der Waals surface area contributed by atoms with Gasteiger partial charge in [-0.3, -0.25) is 0 Å². The lowest BCUT2D eigenvalue weighted by atomic mass is 10.1. The summed E-state index contributed by atoms with van der Waals surface area (Å²) in [5, 5.41) is 3.49. The van der Waals surface area contributed by atoms with Gasteiger partial charge in [-0.25, -0.2) is 9.37 Å². The third-order valence-electron chi connectivity index (χ3n) is 4.25. The first kappa shape index (κ1) is 16.4. The van der Waals surface area contributed by atoms with Crippen molar-refractivity contribution in [2.24, 2.45) is 0 Å². The van der Waals surface area contributed by atoms with Gasteiger partial charge in [0.25, 0.3) is 0 Å². The van der Waals surface area contributed by atoms with Gasteiger partial charge in [-0.15, -0.1) is 0 Å². The first-order chi connectivity index (χ1) is 11.6. The first-order valence-electron chi connectivity index (χ1n) is 8.16. The van der Waals surface area contributed by atoms with E-state index in [1.807, 2.05) is 31.5 Å². The Morgan fingerprint density at radius 3 is 2.58 bits per heavy atom. The Labute approximate surface area is 142 Å². The van der Waals surface area contributed by atoms with Gasteiger partial charge in [0.1, 0.15) is 11.6 Å². The van der Waals surface area contributed by atoms with Crippen LogP contribution in [0.4, 0.5) is 4.39 Å². The molecule has 24 heavy (non-hydrogen) atoms. The molecule has 3 aromatic rings. The highest BCUT2D eigenvalue weighted by Crippen LogP contribution is 2.14. The van der Waals surface area contributed by atoms with E-state index in [1.165, 1.54) is 23.3 Å². The molecule has 0 fully saturated rings. The summed E-state index contributed by atoms with van der Waals surface area (Å²) in [6.45, 7) is 5.70. The standard InChI is InChI=1S/C20H22FN3/c1-15(19-6-8-20(21)9-7-19)23-13-17-4-3-5-18(12-17)14-24-11-10-22-16(24)2/h3-12,15,23H,13-14H2,1-2H3. The number of aryl methyl sites for hydroxylation is 1. The maximum absolute atomic E-state index is 13.0. The average molecular weight is 323 g/mol. The highest BCUT2D eigenvalue weighted by atomic mass is 19.1. The van der Waals surface area contributed by atoms with Gasteiger partial charge in [-0.2, -0.15) is 0 Å². The molecule has 3 rings (SSSR count). The SMILES string of the molecule is Cc1nccn1Cc1cccc(CNC(C)c2ccc(F)cc2)c1. The van der Waals surface area contributed by atoms with Crippen molar-refractivity contribution in [2.45, 2.75) is 33.0 Å². The Morgan fingerprint density at radius 2 is 1.88 bits per heavy atom. The second-order valence-corrected chi connectivity index (χ2v) is 6.08. The van der Waals surface area contributed by atoms with Crippen molar-refractivity contribution in [1.82, 2.24) is 14.9 Å². The molecule has 124 valence electrons. The molecule has 1 heterocycles. The monoisotopic (exact) mass is 323 g/mol. The Kier molecular flexibility index (Phi) is 5.06. The molecule has 2 aromatic carbocycles. The van der Waals surface area contributed by atoms with Gasteiger partial charge in [-0.1, -0.05) is 36.4 Å². The quantitative estimate of drug-likeness (QED) is 0.736. The number of hydrogen-bond donors (Lipinski definition) is 1. The summed E-state index contributed by atoms with van der Waals surface area (Å²) >= 11 is 0. The zero-order valence-electron chi connectivity index (χ0n) is 14.0. The third kappa shape index (κ3) is 4.09. The van der Waals surface area contributed by atoms with E-state index in [2.05, 4.69) is 46.1 Å². The topological polar surface area (TPSA) is 29.9 Å². The molecule has 1 unspecified atom stereocenters. The number of halogens is 1. The van der Waals surface area contributed by atoms with E-state index in [9.17, 15) is 4.39 Å². The molecular weight excluding hydrogens is 301 g/mol. The average Bonchev–Trinajstić information content (AvgIpc) is 2.98. The van der Waals surface area contributed by atoms with Gasteiger partial charge in [0.2, 0.25) is 0 Å². The number of imidazole rings is 1. The lowest BCUT2D eigenvalue weighted by molar-refractivity contribution is 0.570. The van der Waals surface area contributed by atoms with E-state index < -0.39 is 0 Å². The minimum absolute atomic E-state index is 0.171. The Bertz CT molecular complexity index is 793. The van der Waals surface area contributed by atoms with Gasteiger partial charge in [0.15, 0.2) is 0 Å². The van der Waals surface area contributed by atoms with Crippen molar-refractivity contribution in [2.75, 3.05) is 0 Å². The van der Waals surface area contributed by atoms with E-state index in [0.717, 1.165) is 24.5 Å². The van der Waals surface area contributed by atoms with Gasteiger partial charge >= 0.3 is 0 Å². The highest BCUT2D eigenvalue weighted by molar-refractivity contribution is 5.25. The van der Waals surface area contributed by atoms with Crippen LogP contribution < -0.4 is 5.32 Å². The molecule has 4 heteroatoms. The predicted octanol–water partition coefficient (Wildman–Crippen LogP) is 4.23. The van der Waals surface area contributed by atoms with E-state index in [1.54, 1.807) is 0 Å². The molecule has 3 nitrogen and oxygen atoms in total. The van der Waals surface area contributed by atoms with Crippen LogP contribution in [0, 0.1) is 12.7 Å². The number of benzene rings is 2. The summed E-state index contributed by atoms with van der Waals surface area (Å²) in [6.07, 6.45) is 3.82. The number of hydrogen-bond acceptors (Lipinski definition) is 2. The highest BCUT2D eigenvalue weighted by Gasteiger charge is 2.06. The molecule has 0 aliphatic rings. The van der Waals surface area contributed by atoms with Crippen molar-refractivity contribution in [3.8, 4) is 0 Å². The fraction of sp³-hybridized carbons (Fsp3) is 0.250. The van der Waals surface area contributed by atoms with Crippen molar-refractivity contribution in [1.29, 1.82) is 0 Å². The summed E-state index contributed by atoms with van der Waals surface area (Å²) in [7, 11) is 0. The second kappa shape index (κ2) is 7.41. The molecule has 0 amide bonds. The van der Waals surface area contributed by atoms with Crippen molar-refractivity contribution < 1.29 is 4.39 Å². The minimum Gasteiger partial charge on any atom is -0.331 e. The van der Waals surface area contributed by atoms with Gasteiger partial charge in [0, 0.05) is 31.5 Å². The van der Waals surface area contributed by atoms with Crippen LogP contribution in [0.3, 0.4) is 0 Å². The summed E-state index contributed by atoms with van der Waals surface area (Å²) in [5.41, 5.74) is 3.57. The number of nitrogens with zero attached hydrogens (tertiary/aromatic N) is 2. The van der Waals surface area contributed by atoms with Gasteiger partial charge < -0.3 is 9.88 Å². The lowest BCUT2D eigenvalue weighted by Crippen LogP contribution is -2.18. The van der Waals surface area contributed by atoms with Crippen LogP contribution in [-0.2, 0) is 13.1 Å². The maximum atomic E-state index is 13.0. The fourth-order valence-corrected chi connectivity index (χ4v) is 2.75. The molecule has 0 saturated heterocycles. The molecule has 0 saturated carbocycles. The smallest absolute Gasteiger partial charge is 0.123 e. The molecule has 1 atom stereocenters. The second-order valence-electron chi connectivity index (χ2n) is 6.08. The number of aromatic nitrogens is 2. The van der Waals surface area contributed by atoms with Crippen LogP contribution in [0.5, 0.6) is 0 Å². The molecular formula is C20H22FN3. The lowest BCUT2D eigenvalue weighted by Gasteiger charge is -2.15. The van der Waals surface area contributed by atoms with Gasteiger partial charge in [0.05, 0.1) is 0 Å². The zero-order chi connectivity index (χ0) is 16.9. The van der Waals surface area contributed by atoms with Gasteiger partial charge in [-0.05, 0) is 42.7 Å². The molecule has 0 spiro atoms. The van der Waals surface area contributed by atoms with Crippen LogP contribution in [0.2, 0.25) is 0 Å². The zero-order valence-corrected chi connectivity index (χ0v) is 14.0. The molecule has 1 N–H and O–H groups in total. The normalized spacial score (nSPS) is 12.3. The van der Waals surface area contributed by atoms with Crippen LogP contribution in [0.25, 0.3) is 0 Å². The summed E-state index contributed by atoms with van der Waals surface area (Å²) in [5.74, 6) is 0.817. The van der Waals surface area contributed by atoms with Crippen LogP contribution >= 0.6 is 0 Å². The van der Waals surface area contributed by atoms with Crippen molar-refractivity contribution in [3.63, 3.8) is 0 Å². The van der Waals surface area contributed by atoms with E-state index in [-0.39, 0.29) is 11.9 Å². The van der Waals surface area contributed by atoms with Crippen molar-refractivity contribution in [3.05, 3.63) is 89.3 Å². The molecule has 1 aromatic heterocycles. The maximum Gasteiger partial charge on any atom is 0.123 e. The molecule has 0 radical (unpaired) electrons. The Hall–Kier alpha value is -2.46. The largest absolute Gasteiger partial charge is 0.331 e.